The van der Waals surface area contributed by atoms with E-state index in [1.165, 1.54) is 18.5 Å². The minimum Gasteiger partial charge on any atom is -0.348 e. The van der Waals surface area contributed by atoms with Crippen LogP contribution in [0.5, 0.6) is 0 Å². The van der Waals surface area contributed by atoms with Crippen LogP contribution < -0.4 is 4.90 Å². The summed E-state index contributed by atoms with van der Waals surface area (Å²) in [5.41, 5.74) is 2.42. The van der Waals surface area contributed by atoms with Crippen LogP contribution in [0.15, 0.2) is 36.9 Å². The van der Waals surface area contributed by atoms with E-state index in [0.717, 1.165) is 37.0 Å². The van der Waals surface area contributed by atoms with Crippen molar-refractivity contribution in [1.82, 2.24) is 24.8 Å². The number of rotatable bonds is 5. The van der Waals surface area contributed by atoms with Gasteiger partial charge in [0.2, 0.25) is 5.91 Å². The molecule has 140 valence electrons. The molecule has 1 aliphatic heterocycles. The molecule has 1 saturated heterocycles. The van der Waals surface area contributed by atoms with E-state index in [1.807, 2.05) is 29.0 Å². The first-order valence-electron chi connectivity index (χ1n) is 8.97. The zero-order valence-electron chi connectivity index (χ0n) is 15.1. The van der Waals surface area contributed by atoms with Gasteiger partial charge in [-0.3, -0.25) is 4.79 Å². The number of H-pyrrole nitrogens is 1. The number of benzene rings is 1. The molecule has 0 spiro atoms. The van der Waals surface area contributed by atoms with E-state index >= 15 is 0 Å². The highest BCUT2D eigenvalue weighted by atomic mass is 19.1. The van der Waals surface area contributed by atoms with E-state index in [1.54, 1.807) is 6.33 Å². The highest BCUT2D eigenvalue weighted by Gasteiger charge is 2.27. The molecule has 0 radical (unpaired) electrons. The Kier molecular flexibility index (Phi) is 4.70. The molecule has 7 nitrogen and oxygen atoms in total. The monoisotopic (exact) mass is 368 g/mol. The van der Waals surface area contributed by atoms with Crippen LogP contribution in [-0.2, 0) is 11.2 Å². The normalized spacial score (nSPS) is 16.8. The maximum absolute atomic E-state index is 13.0. The van der Waals surface area contributed by atoms with Gasteiger partial charge in [0, 0.05) is 20.1 Å². The summed E-state index contributed by atoms with van der Waals surface area (Å²) < 4.78 is 13.0. The van der Waals surface area contributed by atoms with Crippen molar-refractivity contribution in [3.05, 3.63) is 48.3 Å². The predicted octanol–water partition coefficient (Wildman–Crippen LogP) is 2.02. The van der Waals surface area contributed by atoms with Crippen LogP contribution in [0.2, 0.25) is 0 Å². The fraction of sp³-hybridized carbons (Fsp3) is 0.368. The minimum absolute atomic E-state index is 0.0744. The average molecular weight is 368 g/mol. The maximum atomic E-state index is 13.0. The van der Waals surface area contributed by atoms with Gasteiger partial charge in [0.15, 0.2) is 11.5 Å². The number of halogens is 1. The van der Waals surface area contributed by atoms with Gasteiger partial charge in [-0.15, -0.1) is 0 Å². The molecule has 0 unspecified atom stereocenters. The van der Waals surface area contributed by atoms with Crippen molar-refractivity contribution in [2.75, 3.05) is 31.6 Å². The van der Waals surface area contributed by atoms with E-state index in [9.17, 15) is 9.18 Å². The topological polar surface area (TPSA) is 78.0 Å². The number of fused-ring (bicyclic) bond motifs is 1. The molecule has 0 aliphatic carbocycles. The molecule has 3 heterocycles. The molecule has 1 atom stereocenters. The zero-order valence-corrected chi connectivity index (χ0v) is 15.1. The third-order valence-electron chi connectivity index (χ3n) is 5.01. The highest BCUT2D eigenvalue weighted by Crippen LogP contribution is 2.22. The number of carbonyl (C=O) groups is 1. The molecular weight excluding hydrogens is 347 g/mol. The summed E-state index contributed by atoms with van der Waals surface area (Å²) >= 11 is 0. The second-order valence-corrected chi connectivity index (χ2v) is 6.98. The highest BCUT2D eigenvalue weighted by molar-refractivity contribution is 5.87. The Morgan fingerprint density at radius 1 is 1.30 bits per heavy atom. The lowest BCUT2D eigenvalue weighted by atomic mass is 9.99. The Bertz CT molecular complexity index is 941. The fourth-order valence-electron chi connectivity index (χ4n) is 3.60. The summed E-state index contributed by atoms with van der Waals surface area (Å²) in [7, 11) is 1.84. The van der Waals surface area contributed by atoms with Crippen LogP contribution in [-0.4, -0.2) is 57.4 Å². The number of nitrogens with one attached hydrogen (secondary N) is 1. The molecular formula is C19H21FN6O. The summed E-state index contributed by atoms with van der Waals surface area (Å²) in [6.07, 6.45) is 4.85. The molecule has 1 fully saturated rings. The molecule has 1 amide bonds. The first kappa shape index (κ1) is 17.4. The summed E-state index contributed by atoms with van der Waals surface area (Å²) in [6, 6.07) is 6.61. The summed E-state index contributed by atoms with van der Waals surface area (Å²) in [5.74, 6) is 0.919. The van der Waals surface area contributed by atoms with E-state index < -0.39 is 0 Å². The lowest BCUT2D eigenvalue weighted by Crippen LogP contribution is -2.38. The number of hydrogen-bond donors (Lipinski definition) is 1. The number of amides is 1. The number of likely N-dealkylation sites (N-methyl/N-ethyl adjacent to an activating group) is 1. The Labute approximate surface area is 156 Å². The van der Waals surface area contributed by atoms with Crippen LogP contribution in [0, 0.1) is 11.7 Å². The molecule has 4 rings (SSSR count). The van der Waals surface area contributed by atoms with Crippen LogP contribution in [0.1, 0.15) is 12.0 Å². The van der Waals surface area contributed by atoms with Crippen LogP contribution in [0.4, 0.5) is 10.2 Å². The van der Waals surface area contributed by atoms with Crippen molar-refractivity contribution in [3.63, 3.8) is 0 Å². The maximum Gasteiger partial charge on any atom is 0.242 e. The molecule has 2 aromatic heterocycles. The lowest BCUT2D eigenvalue weighted by molar-refractivity contribution is -0.128. The predicted molar refractivity (Wildman–Crippen MR) is 99.7 cm³/mol. The van der Waals surface area contributed by atoms with Crippen LogP contribution >= 0.6 is 0 Å². The molecule has 0 saturated carbocycles. The largest absolute Gasteiger partial charge is 0.348 e. The number of aromatic amines is 1. The lowest BCUT2D eigenvalue weighted by Gasteiger charge is -2.22. The van der Waals surface area contributed by atoms with Gasteiger partial charge in [0.1, 0.15) is 17.7 Å². The Hall–Kier alpha value is -3.03. The molecule has 3 aromatic rings. The first-order chi connectivity index (χ1) is 13.1. The number of hydrogen-bond acceptors (Lipinski definition) is 5. The van der Waals surface area contributed by atoms with Crippen molar-refractivity contribution >= 4 is 22.9 Å². The number of carbonyl (C=O) groups excluding carboxylic acids is 1. The number of likely N-dealkylation sites (tertiary alicyclic amines) is 1. The molecule has 27 heavy (non-hydrogen) atoms. The Morgan fingerprint density at radius 2 is 2.11 bits per heavy atom. The molecule has 1 aromatic carbocycles. The van der Waals surface area contributed by atoms with Gasteiger partial charge in [0.25, 0.3) is 0 Å². The van der Waals surface area contributed by atoms with Crippen LogP contribution in [0.3, 0.4) is 0 Å². The average Bonchev–Trinajstić information content (AvgIpc) is 3.32. The third kappa shape index (κ3) is 3.74. The first-order valence-corrected chi connectivity index (χ1v) is 8.97. The van der Waals surface area contributed by atoms with Crippen molar-refractivity contribution < 1.29 is 9.18 Å². The van der Waals surface area contributed by atoms with Gasteiger partial charge >= 0.3 is 0 Å². The second-order valence-electron chi connectivity index (χ2n) is 6.98. The second kappa shape index (κ2) is 7.30. The van der Waals surface area contributed by atoms with Crippen molar-refractivity contribution in [1.29, 1.82) is 0 Å². The van der Waals surface area contributed by atoms with E-state index in [4.69, 9.17) is 0 Å². The van der Waals surface area contributed by atoms with E-state index in [0.29, 0.717) is 17.4 Å². The van der Waals surface area contributed by atoms with Gasteiger partial charge in [-0.1, -0.05) is 12.1 Å². The molecule has 1 N–H and O–H groups in total. The minimum atomic E-state index is -0.221. The van der Waals surface area contributed by atoms with E-state index in [-0.39, 0.29) is 18.3 Å². The number of imidazole rings is 1. The van der Waals surface area contributed by atoms with Gasteiger partial charge in [-0.2, -0.15) is 0 Å². The quantitative estimate of drug-likeness (QED) is 0.745. The van der Waals surface area contributed by atoms with E-state index in [2.05, 4.69) is 19.9 Å². The van der Waals surface area contributed by atoms with Crippen molar-refractivity contribution in [2.24, 2.45) is 5.92 Å². The van der Waals surface area contributed by atoms with Gasteiger partial charge < -0.3 is 14.8 Å². The SMILES string of the molecule is CN(CC(=O)N1CC[C@@H](Cc2ccc(F)cc2)C1)c1ncnc2nc[nH]c12. The van der Waals surface area contributed by atoms with Crippen molar-refractivity contribution in [3.8, 4) is 0 Å². The Morgan fingerprint density at radius 3 is 2.93 bits per heavy atom. The fourth-order valence-corrected chi connectivity index (χ4v) is 3.60. The molecule has 0 bridgehead atoms. The smallest absolute Gasteiger partial charge is 0.242 e. The Balaban J connectivity index is 1.36. The summed E-state index contributed by atoms with van der Waals surface area (Å²) in [4.78, 5) is 31.9. The standard InChI is InChI=1S/C19H21FN6O/c1-25(19-17-18(22-11-21-17)23-12-24-19)10-16(27)26-7-6-14(9-26)8-13-2-4-15(20)5-3-13/h2-5,11-12,14H,6-10H2,1H3,(H,21,22,23,24)/t14-/m0/s1. The number of nitrogens with zero attached hydrogens (tertiary/aromatic N) is 5. The summed E-state index contributed by atoms with van der Waals surface area (Å²) in [5, 5.41) is 0. The zero-order chi connectivity index (χ0) is 18.8. The molecule has 8 heteroatoms. The third-order valence-corrected chi connectivity index (χ3v) is 5.01. The number of aromatic nitrogens is 4. The van der Waals surface area contributed by atoms with Gasteiger partial charge in [-0.05, 0) is 36.5 Å². The van der Waals surface area contributed by atoms with Crippen molar-refractivity contribution in [2.45, 2.75) is 12.8 Å². The van der Waals surface area contributed by atoms with Gasteiger partial charge in [-0.25, -0.2) is 19.3 Å². The van der Waals surface area contributed by atoms with Crippen LogP contribution in [0.25, 0.3) is 11.2 Å². The van der Waals surface area contributed by atoms with Gasteiger partial charge in [0.05, 0.1) is 12.9 Å². The number of anilines is 1. The summed E-state index contributed by atoms with van der Waals surface area (Å²) in [6.45, 7) is 1.73. The molecule has 1 aliphatic rings.